The van der Waals surface area contributed by atoms with Crippen LogP contribution in [-0.2, 0) is 30.6 Å². The minimum absolute atomic E-state index is 0.527. The Morgan fingerprint density at radius 3 is 2.62 bits per heavy atom. The first-order valence-corrected chi connectivity index (χ1v) is 10.2. The highest BCUT2D eigenvalue weighted by Crippen LogP contribution is 2.33. The zero-order valence-electron chi connectivity index (χ0n) is 14.8. The van der Waals surface area contributed by atoms with Crippen LogP contribution in [0.4, 0.5) is 0 Å². The van der Waals surface area contributed by atoms with Gasteiger partial charge in [0.1, 0.15) is 5.54 Å². The minimum atomic E-state index is -0.910. The second kappa shape index (κ2) is 7.16. The van der Waals surface area contributed by atoms with E-state index in [1.54, 1.807) is 0 Å². The molecule has 1 fully saturated rings. The van der Waals surface area contributed by atoms with E-state index >= 15 is 0 Å². The second-order valence-electron chi connectivity index (χ2n) is 7.83. The molecule has 0 amide bonds. The average molecular weight is 414 g/mol. The lowest BCUT2D eigenvalue weighted by atomic mass is 9.81. The van der Waals surface area contributed by atoms with Crippen LogP contribution in [0.2, 0.25) is 0 Å². The topological polar surface area (TPSA) is 49.3 Å². The molecule has 0 aliphatic heterocycles. The largest absolute Gasteiger partial charge is 0.480 e. The SMILES string of the molecule is O=C(O)C1(NCc2cccc(CC3CCC3)c2)Cc2ccc(Br)cc2C1. The molecule has 1 saturated carbocycles. The lowest BCUT2D eigenvalue weighted by molar-refractivity contribution is -0.144. The van der Waals surface area contributed by atoms with Crippen LogP contribution < -0.4 is 5.32 Å². The van der Waals surface area contributed by atoms with Gasteiger partial charge in [0, 0.05) is 23.9 Å². The normalized spacial score (nSPS) is 22.0. The van der Waals surface area contributed by atoms with Crippen molar-refractivity contribution in [2.24, 2.45) is 5.92 Å². The number of hydrogen-bond donors (Lipinski definition) is 2. The molecule has 0 aromatic heterocycles. The third-order valence-electron chi connectivity index (χ3n) is 5.93. The van der Waals surface area contributed by atoms with E-state index in [-0.39, 0.29) is 0 Å². The molecule has 2 aromatic carbocycles. The molecule has 0 spiro atoms. The molecule has 2 aliphatic rings. The Morgan fingerprint density at radius 1 is 1.12 bits per heavy atom. The molecule has 1 atom stereocenters. The maximum absolute atomic E-state index is 12.1. The van der Waals surface area contributed by atoms with E-state index in [1.807, 2.05) is 18.2 Å². The van der Waals surface area contributed by atoms with Gasteiger partial charge in [-0.2, -0.15) is 0 Å². The molecular weight excluding hydrogens is 390 g/mol. The molecule has 2 aromatic rings. The standard InChI is InChI=1S/C22H24BrNO2/c23-20-8-7-18-12-22(21(25)26,13-19(18)11-20)24-14-17-6-2-5-16(10-17)9-15-3-1-4-15/h2,5-8,10-11,15,24H,1,3-4,9,12-14H2,(H,25,26). The highest BCUT2D eigenvalue weighted by molar-refractivity contribution is 9.10. The minimum Gasteiger partial charge on any atom is -0.480 e. The molecule has 0 heterocycles. The molecule has 26 heavy (non-hydrogen) atoms. The van der Waals surface area contributed by atoms with Crippen LogP contribution in [0.15, 0.2) is 46.9 Å². The van der Waals surface area contributed by atoms with Gasteiger partial charge in [-0.05, 0) is 46.7 Å². The van der Waals surface area contributed by atoms with Crippen molar-refractivity contribution in [3.63, 3.8) is 0 Å². The van der Waals surface area contributed by atoms with Crippen LogP contribution >= 0.6 is 15.9 Å². The van der Waals surface area contributed by atoms with Crippen molar-refractivity contribution < 1.29 is 9.90 Å². The monoisotopic (exact) mass is 413 g/mol. The molecular formula is C22H24BrNO2. The Balaban J connectivity index is 1.47. The summed E-state index contributed by atoms with van der Waals surface area (Å²) in [6.07, 6.45) is 6.27. The quantitative estimate of drug-likeness (QED) is 0.732. The van der Waals surface area contributed by atoms with Crippen LogP contribution in [-0.4, -0.2) is 16.6 Å². The molecule has 2 N–H and O–H groups in total. The Morgan fingerprint density at radius 2 is 1.88 bits per heavy atom. The zero-order chi connectivity index (χ0) is 18.1. The third-order valence-corrected chi connectivity index (χ3v) is 6.43. The molecule has 3 nitrogen and oxygen atoms in total. The van der Waals surface area contributed by atoms with Crippen LogP contribution in [0, 0.1) is 5.92 Å². The first-order valence-electron chi connectivity index (χ1n) is 9.38. The molecule has 0 bridgehead atoms. The van der Waals surface area contributed by atoms with Crippen molar-refractivity contribution in [2.75, 3.05) is 0 Å². The maximum Gasteiger partial charge on any atom is 0.324 e. The fourth-order valence-electron chi connectivity index (χ4n) is 4.16. The fourth-order valence-corrected chi connectivity index (χ4v) is 4.57. The van der Waals surface area contributed by atoms with E-state index < -0.39 is 11.5 Å². The highest BCUT2D eigenvalue weighted by Gasteiger charge is 2.43. The maximum atomic E-state index is 12.1. The molecule has 0 saturated heterocycles. The van der Waals surface area contributed by atoms with Crippen LogP contribution in [0.3, 0.4) is 0 Å². The summed E-state index contributed by atoms with van der Waals surface area (Å²) in [6, 6.07) is 14.7. The number of aliphatic carboxylic acids is 1. The molecule has 4 heteroatoms. The number of halogens is 1. The summed E-state index contributed by atoms with van der Waals surface area (Å²) in [7, 11) is 0. The summed E-state index contributed by atoms with van der Waals surface area (Å²) in [5, 5.41) is 13.3. The molecule has 4 rings (SSSR count). The number of rotatable bonds is 6. The smallest absolute Gasteiger partial charge is 0.324 e. The molecule has 136 valence electrons. The molecule has 1 unspecified atom stereocenters. The predicted molar refractivity (Wildman–Crippen MR) is 106 cm³/mol. The number of hydrogen-bond acceptors (Lipinski definition) is 2. The van der Waals surface area contributed by atoms with E-state index in [0.717, 1.165) is 27.9 Å². The van der Waals surface area contributed by atoms with E-state index in [1.165, 1.54) is 30.4 Å². The fraction of sp³-hybridized carbons (Fsp3) is 0.409. The van der Waals surface area contributed by atoms with Gasteiger partial charge in [0.05, 0.1) is 0 Å². The Kier molecular flexibility index (Phi) is 4.89. The van der Waals surface area contributed by atoms with Gasteiger partial charge >= 0.3 is 5.97 Å². The van der Waals surface area contributed by atoms with E-state index in [4.69, 9.17) is 0 Å². The average Bonchev–Trinajstić information content (AvgIpc) is 2.96. The van der Waals surface area contributed by atoms with Gasteiger partial charge in [-0.25, -0.2) is 0 Å². The molecule has 2 aliphatic carbocycles. The van der Waals surface area contributed by atoms with E-state index in [9.17, 15) is 9.90 Å². The van der Waals surface area contributed by atoms with Gasteiger partial charge in [0.2, 0.25) is 0 Å². The number of nitrogens with one attached hydrogen (secondary N) is 1. The van der Waals surface area contributed by atoms with Crippen LogP contribution in [0.5, 0.6) is 0 Å². The highest BCUT2D eigenvalue weighted by atomic mass is 79.9. The summed E-state index contributed by atoms with van der Waals surface area (Å²) in [6.45, 7) is 0.583. The summed E-state index contributed by atoms with van der Waals surface area (Å²) in [5.41, 5.74) is 3.87. The first-order chi connectivity index (χ1) is 12.5. The third kappa shape index (κ3) is 3.58. The Hall–Kier alpha value is -1.65. The van der Waals surface area contributed by atoms with Gasteiger partial charge in [-0.15, -0.1) is 0 Å². The lowest BCUT2D eigenvalue weighted by Crippen LogP contribution is -2.52. The van der Waals surface area contributed by atoms with Crippen LogP contribution in [0.1, 0.15) is 41.5 Å². The van der Waals surface area contributed by atoms with Crippen molar-refractivity contribution in [1.29, 1.82) is 0 Å². The van der Waals surface area contributed by atoms with Gasteiger partial charge in [0.25, 0.3) is 0 Å². The van der Waals surface area contributed by atoms with Crippen molar-refractivity contribution >= 4 is 21.9 Å². The number of carbonyl (C=O) groups is 1. The van der Waals surface area contributed by atoms with Crippen molar-refractivity contribution in [2.45, 2.75) is 50.6 Å². The summed E-state index contributed by atoms with van der Waals surface area (Å²) < 4.78 is 1.00. The number of benzene rings is 2. The van der Waals surface area contributed by atoms with Crippen molar-refractivity contribution in [3.05, 3.63) is 69.2 Å². The van der Waals surface area contributed by atoms with Crippen molar-refractivity contribution in [1.82, 2.24) is 5.32 Å². The van der Waals surface area contributed by atoms with Gasteiger partial charge in [0.15, 0.2) is 0 Å². The number of fused-ring (bicyclic) bond motifs is 1. The lowest BCUT2D eigenvalue weighted by Gasteiger charge is -2.27. The predicted octanol–water partition coefficient (Wildman–Crippen LogP) is 4.50. The molecule has 0 radical (unpaired) electrons. The summed E-state index contributed by atoms with van der Waals surface area (Å²) in [5.74, 6) is 0.0711. The van der Waals surface area contributed by atoms with Crippen molar-refractivity contribution in [3.8, 4) is 0 Å². The Bertz CT molecular complexity index is 831. The second-order valence-corrected chi connectivity index (χ2v) is 8.74. The Labute approximate surface area is 162 Å². The van der Waals surface area contributed by atoms with E-state index in [2.05, 4.69) is 45.5 Å². The summed E-state index contributed by atoms with van der Waals surface area (Å²) >= 11 is 3.49. The zero-order valence-corrected chi connectivity index (χ0v) is 16.4. The van der Waals surface area contributed by atoms with E-state index in [0.29, 0.717) is 19.4 Å². The first kappa shape index (κ1) is 17.7. The van der Waals surface area contributed by atoms with Gasteiger partial charge in [-0.1, -0.05) is 65.5 Å². The number of carboxylic acids is 1. The number of carboxylic acid groups (broad SMARTS) is 1. The van der Waals surface area contributed by atoms with Gasteiger partial charge < -0.3 is 5.11 Å². The van der Waals surface area contributed by atoms with Crippen LogP contribution in [0.25, 0.3) is 0 Å². The summed E-state index contributed by atoms with van der Waals surface area (Å²) in [4.78, 5) is 12.1. The van der Waals surface area contributed by atoms with Gasteiger partial charge in [-0.3, -0.25) is 10.1 Å².